The van der Waals surface area contributed by atoms with E-state index in [1.165, 1.54) is 12.1 Å². The van der Waals surface area contributed by atoms with Crippen LogP contribution in [0.3, 0.4) is 0 Å². The summed E-state index contributed by atoms with van der Waals surface area (Å²) >= 11 is 0. The first-order valence-electron chi connectivity index (χ1n) is 2.82. The fourth-order valence-corrected chi connectivity index (χ4v) is 0.578. The molecule has 0 saturated heterocycles. The second-order valence-corrected chi connectivity index (χ2v) is 1.80. The van der Waals surface area contributed by atoms with E-state index in [9.17, 15) is 4.79 Å². The first-order chi connectivity index (χ1) is 5.24. The number of pyridine rings is 1. The second kappa shape index (κ2) is 2.80. The number of nitrogens with zero attached hydrogens (tertiary/aromatic N) is 2. The van der Waals surface area contributed by atoms with Gasteiger partial charge in [0.05, 0.1) is 0 Å². The van der Waals surface area contributed by atoms with E-state index >= 15 is 0 Å². The van der Waals surface area contributed by atoms with E-state index in [-0.39, 0.29) is 11.4 Å². The molecular weight excluding hydrogens is 142 g/mol. The Labute approximate surface area is 63.3 Å². The minimum Gasteiger partial charge on any atom is -0.364 e. The zero-order valence-electron chi connectivity index (χ0n) is 5.53. The topological polar surface area (TPSA) is 79.8 Å². The Hall–Kier alpha value is -1.89. The standard InChI is InChI=1S/C7H4N3O/c8-4-5-2-1-3-6(10-5)7(9)11/h1-2H,(H2,9,11). The first-order valence-corrected chi connectivity index (χ1v) is 2.82. The number of nitriles is 1. The van der Waals surface area contributed by atoms with Crippen LogP contribution in [-0.2, 0) is 0 Å². The highest BCUT2D eigenvalue weighted by molar-refractivity contribution is 5.90. The van der Waals surface area contributed by atoms with Crippen LogP contribution in [0, 0.1) is 17.4 Å². The summed E-state index contributed by atoms with van der Waals surface area (Å²) in [6.45, 7) is 0. The molecule has 0 aliphatic heterocycles. The lowest BCUT2D eigenvalue weighted by atomic mass is 10.3. The molecule has 0 fully saturated rings. The third-order valence-corrected chi connectivity index (χ3v) is 1.04. The van der Waals surface area contributed by atoms with E-state index in [1.54, 1.807) is 6.07 Å². The third kappa shape index (κ3) is 1.52. The predicted molar refractivity (Wildman–Crippen MR) is 36.3 cm³/mol. The van der Waals surface area contributed by atoms with Crippen molar-refractivity contribution in [3.8, 4) is 6.07 Å². The summed E-state index contributed by atoms with van der Waals surface area (Å²) in [5, 5.41) is 8.37. The molecule has 0 unspecified atom stereocenters. The van der Waals surface area contributed by atoms with Gasteiger partial charge in [0.15, 0.2) is 0 Å². The van der Waals surface area contributed by atoms with Crippen molar-refractivity contribution in [1.82, 2.24) is 4.98 Å². The number of rotatable bonds is 1. The number of primary amides is 1. The summed E-state index contributed by atoms with van der Waals surface area (Å²) in [6.07, 6.45) is 0. The average Bonchev–Trinajstić information content (AvgIpc) is 2.05. The molecule has 4 heteroatoms. The zero-order chi connectivity index (χ0) is 8.27. The van der Waals surface area contributed by atoms with Gasteiger partial charge in [-0.15, -0.1) is 0 Å². The minimum absolute atomic E-state index is 0.0101. The van der Waals surface area contributed by atoms with E-state index in [4.69, 9.17) is 11.0 Å². The van der Waals surface area contributed by atoms with Crippen molar-refractivity contribution in [2.45, 2.75) is 0 Å². The van der Waals surface area contributed by atoms with E-state index in [0.717, 1.165) is 0 Å². The Kier molecular flexibility index (Phi) is 1.83. The van der Waals surface area contributed by atoms with Gasteiger partial charge in [0.2, 0.25) is 0 Å². The van der Waals surface area contributed by atoms with Crippen molar-refractivity contribution in [1.29, 1.82) is 5.26 Å². The van der Waals surface area contributed by atoms with Crippen LogP contribution >= 0.6 is 0 Å². The average molecular weight is 146 g/mol. The highest BCUT2D eigenvalue weighted by atomic mass is 16.1. The summed E-state index contributed by atoms with van der Waals surface area (Å²) in [6, 6.07) is 7.18. The molecule has 1 heterocycles. The normalized spacial score (nSPS) is 8.64. The van der Waals surface area contributed by atoms with Gasteiger partial charge in [-0.25, -0.2) is 4.98 Å². The summed E-state index contributed by atoms with van der Waals surface area (Å²) in [7, 11) is 0. The number of hydrogen-bond donors (Lipinski definition) is 1. The Morgan fingerprint density at radius 1 is 1.82 bits per heavy atom. The van der Waals surface area contributed by atoms with Gasteiger partial charge in [-0.05, 0) is 12.1 Å². The van der Waals surface area contributed by atoms with Crippen molar-refractivity contribution in [3.05, 3.63) is 29.6 Å². The number of hydrogen-bond acceptors (Lipinski definition) is 3. The summed E-state index contributed by atoms with van der Waals surface area (Å²) in [5.41, 5.74) is 5.05. The van der Waals surface area contributed by atoms with Gasteiger partial charge in [0.25, 0.3) is 5.91 Å². The van der Waals surface area contributed by atoms with Crippen LogP contribution in [0.5, 0.6) is 0 Å². The number of carbonyl (C=O) groups is 1. The van der Waals surface area contributed by atoms with Gasteiger partial charge >= 0.3 is 0 Å². The Morgan fingerprint density at radius 2 is 2.55 bits per heavy atom. The highest BCUT2D eigenvalue weighted by Crippen LogP contribution is 1.95. The molecule has 53 valence electrons. The lowest BCUT2D eigenvalue weighted by Gasteiger charge is -1.91. The predicted octanol–water partition coefficient (Wildman–Crippen LogP) is -0.148. The number of nitrogens with two attached hydrogens (primary N) is 1. The van der Waals surface area contributed by atoms with E-state index in [1.807, 2.05) is 0 Å². The highest BCUT2D eigenvalue weighted by Gasteiger charge is 2.01. The fraction of sp³-hybridized carbons (Fsp3) is 0. The maximum absolute atomic E-state index is 10.5. The molecule has 1 rings (SSSR count). The molecule has 2 N–H and O–H groups in total. The first kappa shape index (κ1) is 7.22. The molecular formula is C7H4N3O. The molecule has 1 radical (unpaired) electrons. The number of aromatic nitrogens is 1. The van der Waals surface area contributed by atoms with Crippen LogP contribution in [-0.4, -0.2) is 10.9 Å². The van der Waals surface area contributed by atoms with Crippen LogP contribution in [0.2, 0.25) is 0 Å². The lowest BCUT2D eigenvalue weighted by molar-refractivity contribution is 0.0995. The monoisotopic (exact) mass is 146 g/mol. The minimum atomic E-state index is -0.679. The molecule has 11 heavy (non-hydrogen) atoms. The van der Waals surface area contributed by atoms with E-state index in [0.29, 0.717) is 0 Å². The van der Waals surface area contributed by atoms with Gasteiger partial charge in [0.1, 0.15) is 17.5 Å². The van der Waals surface area contributed by atoms with Crippen LogP contribution in [0.1, 0.15) is 16.2 Å². The Bertz CT molecular complexity index is 327. The number of carbonyl (C=O) groups excluding carboxylic acids is 1. The maximum Gasteiger partial charge on any atom is 0.268 e. The number of amides is 1. The quantitative estimate of drug-likeness (QED) is 0.598. The molecule has 0 bridgehead atoms. The molecule has 0 aromatic carbocycles. The van der Waals surface area contributed by atoms with Crippen molar-refractivity contribution in [2.24, 2.45) is 5.73 Å². The SMILES string of the molecule is N#Cc1cc[c]c(C(N)=O)n1. The fourth-order valence-electron chi connectivity index (χ4n) is 0.578. The molecule has 1 amide bonds. The van der Waals surface area contributed by atoms with Gasteiger partial charge < -0.3 is 5.73 Å². The third-order valence-electron chi connectivity index (χ3n) is 1.04. The molecule has 1 aromatic heterocycles. The van der Waals surface area contributed by atoms with Crippen LogP contribution < -0.4 is 5.73 Å². The van der Waals surface area contributed by atoms with E-state index < -0.39 is 5.91 Å². The van der Waals surface area contributed by atoms with Crippen molar-refractivity contribution in [3.63, 3.8) is 0 Å². The second-order valence-electron chi connectivity index (χ2n) is 1.80. The van der Waals surface area contributed by atoms with Gasteiger partial charge in [-0.3, -0.25) is 4.79 Å². The lowest BCUT2D eigenvalue weighted by Crippen LogP contribution is -2.13. The summed E-state index contributed by atoms with van der Waals surface area (Å²) in [4.78, 5) is 14.1. The molecule has 0 atom stereocenters. The van der Waals surface area contributed by atoms with Crippen molar-refractivity contribution >= 4 is 5.91 Å². The summed E-state index contributed by atoms with van der Waals surface area (Å²) < 4.78 is 0. The molecule has 1 aromatic rings. The van der Waals surface area contributed by atoms with Crippen LogP contribution in [0.4, 0.5) is 0 Å². The van der Waals surface area contributed by atoms with Crippen LogP contribution in [0.15, 0.2) is 12.1 Å². The molecule has 0 spiro atoms. The Balaban J connectivity index is 3.13. The van der Waals surface area contributed by atoms with Gasteiger partial charge in [-0.2, -0.15) is 5.26 Å². The largest absolute Gasteiger partial charge is 0.364 e. The maximum atomic E-state index is 10.5. The van der Waals surface area contributed by atoms with Gasteiger partial charge in [0, 0.05) is 6.07 Å². The zero-order valence-corrected chi connectivity index (χ0v) is 5.53. The van der Waals surface area contributed by atoms with Crippen molar-refractivity contribution in [2.75, 3.05) is 0 Å². The Morgan fingerprint density at radius 3 is 3.09 bits per heavy atom. The molecule has 0 saturated carbocycles. The summed E-state index contributed by atoms with van der Waals surface area (Å²) in [5.74, 6) is -0.679. The van der Waals surface area contributed by atoms with Gasteiger partial charge in [-0.1, -0.05) is 0 Å². The molecule has 0 aliphatic rings. The smallest absolute Gasteiger partial charge is 0.268 e. The van der Waals surface area contributed by atoms with Crippen LogP contribution in [0.25, 0.3) is 0 Å². The molecule has 4 nitrogen and oxygen atoms in total. The van der Waals surface area contributed by atoms with Crippen molar-refractivity contribution < 1.29 is 4.79 Å². The van der Waals surface area contributed by atoms with E-state index in [2.05, 4.69) is 11.1 Å². The molecule has 0 aliphatic carbocycles.